The smallest absolute Gasteiger partial charge is 0.00449 e. The fourth-order valence-corrected chi connectivity index (χ4v) is 1.29. The monoisotopic (exact) mass is 203 g/mol. The van der Waals surface area contributed by atoms with Crippen molar-refractivity contribution in [1.29, 1.82) is 0 Å². The van der Waals surface area contributed by atoms with E-state index < -0.39 is 0 Å². The highest BCUT2D eigenvalue weighted by atomic mass is 32.1. The number of hydrogen-bond acceptors (Lipinski definition) is 2. The lowest BCUT2D eigenvalue weighted by atomic mass is 9.88. The van der Waals surface area contributed by atoms with Gasteiger partial charge in [-0.25, -0.2) is 0 Å². The van der Waals surface area contributed by atoms with Crippen LogP contribution in [0.4, 0.5) is 0 Å². The highest BCUT2D eigenvalue weighted by Crippen LogP contribution is 2.21. The van der Waals surface area contributed by atoms with Gasteiger partial charge in [-0.2, -0.15) is 12.6 Å². The van der Waals surface area contributed by atoms with Crippen molar-refractivity contribution in [2.45, 2.75) is 64.2 Å². The van der Waals surface area contributed by atoms with Crippen molar-refractivity contribution in [3.63, 3.8) is 0 Å². The topological polar surface area (TPSA) is 26.0 Å². The van der Waals surface area contributed by atoms with Crippen LogP contribution in [-0.2, 0) is 0 Å². The molecule has 0 aromatic rings. The molecule has 2 heteroatoms. The van der Waals surface area contributed by atoms with E-state index in [1.165, 1.54) is 25.7 Å². The van der Waals surface area contributed by atoms with Gasteiger partial charge < -0.3 is 5.73 Å². The van der Waals surface area contributed by atoms with Crippen LogP contribution in [0, 0.1) is 5.92 Å². The van der Waals surface area contributed by atoms with Crippen LogP contribution in [0.1, 0.15) is 53.4 Å². The van der Waals surface area contributed by atoms with Gasteiger partial charge in [-0.3, -0.25) is 0 Å². The quantitative estimate of drug-likeness (QED) is 0.581. The third-order valence-electron chi connectivity index (χ3n) is 2.06. The molecule has 1 aliphatic carbocycles. The third kappa shape index (κ3) is 12.3. The van der Waals surface area contributed by atoms with Crippen molar-refractivity contribution in [2.75, 3.05) is 0 Å². The van der Waals surface area contributed by atoms with Gasteiger partial charge >= 0.3 is 0 Å². The Morgan fingerprint density at radius 3 is 1.62 bits per heavy atom. The van der Waals surface area contributed by atoms with Gasteiger partial charge in [0.05, 0.1) is 0 Å². The first-order chi connectivity index (χ1) is 5.79. The summed E-state index contributed by atoms with van der Waals surface area (Å²) in [5, 5.41) is 0. The molecular weight excluding hydrogens is 178 g/mol. The second-order valence-electron chi connectivity index (χ2n) is 5.19. The standard InChI is InChI=1S/C7H15N.C4H10S/c1-6-2-4-7(8)5-3-6;1-4(2,3)5/h6-7H,2-5,8H2,1H3;5H,1-3H3. The molecule has 1 aliphatic rings. The van der Waals surface area contributed by atoms with E-state index in [2.05, 4.69) is 40.3 Å². The van der Waals surface area contributed by atoms with Crippen LogP contribution < -0.4 is 5.73 Å². The minimum absolute atomic E-state index is 0.194. The summed E-state index contributed by atoms with van der Waals surface area (Å²) in [4.78, 5) is 0. The van der Waals surface area contributed by atoms with E-state index >= 15 is 0 Å². The maximum absolute atomic E-state index is 5.70. The van der Waals surface area contributed by atoms with Gasteiger partial charge in [-0.15, -0.1) is 0 Å². The van der Waals surface area contributed by atoms with Gasteiger partial charge in [0.2, 0.25) is 0 Å². The molecule has 0 aromatic carbocycles. The lowest BCUT2D eigenvalue weighted by Crippen LogP contribution is -2.25. The molecule has 13 heavy (non-hydrogen) atoms. The van der Waals surface area contributed by atoms with E-state index in [1.54, 1.807) is 0 Å². The largest absolute Gasteiger partial charge is 0.328 e. The van der Waals surface area contributed by atoms with E-state index in [4.69, 9.17) is 5.73 Å². The molecule has 0 spiro atoms. The highest BCUT2D eigenvalue weighted by Gasteiger charge is 2.13. The van der Waals surface area contributed by atoms with Crippen LogP contribution in [-0.4, -0.2) is 10.8 Å². The molecule has 2 N–H and O–H groups in total. The SMILES string of the molecule is CC(C)(C)S.CC1CCC(N)CC1. The molecule has 0 aliphatic heterocycles. The fourth-order valence-electron chi connectivity index (χ4n) is 1.29. The summed E-state index contributed by atoms with van der Waals surface area (Å²) >= 11 is 4.12. The molecule has 1 rings (SSSR count). The first kappa shape index (κ1) is 13.3. The van der Waals surface area contributed by atoms with Crippen LogP contribution in [0.5, 0.6) is 0 Å². The molecule has 0 unspecified atom stereocenters. The lowest BCUT2D eigenvalue weighted by Gasteiger charge is -2.22. The van der Waals surface area contributed by atoms with Crippen molar-refractivity contribution in [3.8, 4) is 0 Å². The fraction of sp³-hybridized carbons (Fsp3) is 1.00. The predicted octanol–water partition coefficient (Wildman–Crippen LogP) is 3.24. The maximum Gasteiger partial charge on any atom is 0.00449 e. The molecule has 1 fully saturated rings. The number of hydrogen-bond donors (Lipinski definition) is 2. The summed E-state index contributed by atoms with van der Waals surface area (Å²) in [6.45, 7) is 8.47. The summed E-state index contributed by atoms with van der Waals surface area (Å²) < 4.78 is 0.194. The molecule has 0 atom stereocenters. The van der Waals surface area contributed by atoms with E-state index in [-0.39, 0.29) is 4.75 Å². The molecule has 0 bridgehead atoms. The van der Waals surface area contributed by atoms with Crippen molar-refractivity contribution in [2.24, 2.45) is 11.7 Å². The molecule has 0 saturated heterocycles. The molecule has 0 radical (unpaired) electrons. The van der Waals surface area contributed by atoms with Crippen LogP contribution in [0.15, 0.2) is 0 Å². The number of rotatable bonds is 0. The number of nitrogens with two attached hydrogens (primary N) is 1. The van der Waals surface area contributed by atoms with Crippen LogP contribution in [0.2, 0.25) is 0 Å². The second-order valence-corrected chi connectivity index (χ2v) is 6.53. The van der Waals surface area contributed by atoms with Gasteiger partial charge in [0.15, 0.2) is 0 Å². The normalized spacial score (nSPS) is 29.1. The molecule has 0 amide bonds. The predicted molar refractivity (Wildman–Crippen MR) is 64.3 cm³/mol. The van der Waals surface area contributed by atoms with Crippen LogP contribution in [0.3, 0.4) is 0 Å². The zero-order valence-electron chi connectivity index (χ0n) is 9.51. The zero-order chi connectivity index (χ0) is 10.5. The van der Waals surface area contributed by atoms with E-state index in [0.717, 1.165) is 5.92 Å². The average molecular weight is 203 g/mol. The van der Waals surface area contributed by atoms with Crippen molar-refractivity contribution in [3.05, 3.63) is 0 Å². The summed E-state index contributed by atoms with van der Waals surface area (Å²) in [6, 6.07) is 0.520. The van der Waals surface area contributed by atoms with Gasteiger partial charge in [-0.1, -0.05) is 27.7 Å². The first-order valence-corrected chi connectivity index (χ1v) is 5.71. The Morgan fingerprint density at radius 1 is 1.08 bits per heavy atom. The molecule has 1 nitrogen and oxygen atoms in total. The summed E-state index contributed by atoms with van der Waals surface area (Å²) in [5.41, 5.74) is 5.70. The van der Waals surface area contributed by atoms with Gasteiger partial charge in [0.1, 0.15) is 0 Å². The zero-order valence-corrected chi connectivity index (χ0v) is 10.4. The molecule has 0 heterocycles. The summed E-state index contributed by atoms with van der Waals surface area (Å²) in [6.07, 6.45) is 5.20. The third-order valence-corrected chi connectivity index (χ3v) is 2.06. The maximum atomic E-state index is 5.70. The van der Waals surface area contributed by atoms with Crippen molar-refractivity contribution < 1.29 is 0 Å². The molecular formula is C11H25NS. The van der Waals surface area contributed by atoms with Crippen LogP contribution >= 0.6 is 12.6 Å². The molecule has 1 saturated carbocycles. The molecule has 0 aromatic heterocycles. The van der Waals surface area contributed by atoms with Gasteiger partial charge in [0.25, 0.3) is 0 Å². The van der Waals surface area contributed by atoms with Crippen LogP contribution in [0.25, 0.3) is 0 Å². The minimum Gasteiger partial charge on any atom is -0.328 e. The summed E-state index contributed by atoms with van der Waals surface area (Å²) in [5.74, 6) is 0.940. The minimum atomic E-state index is 0.194. The van der Waals surface area contributed by atoms with Crippen molar-refractivity contribution >= 4 is 12.6 Å². The first-order valence-electron chi connectivity index (χ1n) is 5.27. The van der Waals surface area contributed by atoms with Gasteiger partial charge in [0, 0.05) is 10.8 Å². The van der Waals surface area contributed by atoms with E-state index in [0.29, 0.717) is 6.04 Å². The Kier molecular flexibility index (Phi) is 6.06. The summed E-state index contributed by atoms with van der Waals surface area (Å²) in [7, 11) is 0. The Labute approximate surface area is 88.9 Å². The Morgan fingerprint density at radius 2 is 1.38 bits per heavy atom. The van der Waals surface area contributed by atoms with Crippen molar-refractivity contribution in [1.82, 2.24) is 0 Å². The lowest BCUT2D eigenvalue weighted by molar-refractivity contribution is 0.348. The average Bonchev–Trinajstić information content (AvgIpc) is 1.92. The highest BCUT2D eigenvalue weighted by molar-refractivity contribution is 7.81. The number of thiol groups is 1. The Bertz CT molecular complexity index is 105. The van der Waals surface area contributed by atoms with E-state index in [1.807, 2.05) is 0 Å². The van der Waals surface area contributed by atoms with E-state index in [9.17, 15) is 0 Å². The Balaban J connectivity index is 0.000000252. The molecule has 80 valence electrons. The Hall–Kier alpha value is 0.310. The second kappa shape index (κ2) is 5.92. The van der Waals surface area contributed by atoms with Gasteiger partial charge in [-0.05, 0) is 31.6 Å².